The van der Waals surface area contributed by atoms with Crippen LogP contribution in [0.25, 0.3) is 0 Å². The summed E-state index contributed by atoms with van der Waals surface area (Å²) in [6.45, 7) is 6.19. The normalized spacial score (nSPS) is 11.6. The van der Waals surface area contributed by atoms with Gasteiger partial charge in [-0.1, -0.05) is 37.6 Å². The van der Waals surface area contributed by atoms with Crippen LogP contribution in [0.4, 0.5) is 5.69 Å². The Balaban J connectivity index is 2.06. The number of aryl methyl sites for hydroxylation is 1. The van der Waals surface area contributed by atoms with E-state index in [1.807, 2.05) is 31.2 Å². The van der Waals surface area contributed by atoms with Crippen molar-refractivity contribution in [3.8, 4) is 5.75 Å². The quantitative estimate of drug-likeness (QED) is 0.571. The molecule has 2 aromatic rings. The molecule has 0 aliphatic carbocycles. The minimum atomic E-state index is -0.287. The van der Waals surface area contributed by atoms with Crippen LogP contribution >= 0.6 is 12.2 Å². The second-order valence-electron chi connectivity index (χ2n) is 5.86. The van der Waals surface area contributed by atoms with E-state index in [1.165, 1.54) is 0 Å². The first kappa shape index (κ1) is 17.9. The number of carbonyl (C=O) groups is 1. The Kier molecular flexibility index (Phi) is 5.93. The van der Waals surface area contributed by atoms with E-state index >= 15 is 0 Å². The largest absolute Gasteiger partial charge is 0.506 e. The molecule has 0 heterocycles. The molecule has 0 aliphatic rings. The highest BCUT2D eigenvalue weighted by Gasteiger charge is 2.11. The van der Waals surface area contributed by atoms with Crippen molar-refractivity contribution in [3.63, 3.8) is 0 Å². The van der Waals surface area contributed by atoms with E-state index in [-0.39, 0.29) is 16.8 Å². The number of aromatic hydroxyl groups is 1. The Morgan fingerprint density at radius 3 is 2.50 bits per heavy atom. The number of phenolic OH excluding ortho intramolecular Hbond substituents is 1. The molecular weight excluding hydrogens is 320 g/mol. The summed E-state index contributed by atoms with van der Waals surface area (Å²) in [6.07, 6.45) is 0.999. The average Bonchev–Trinajstić information content (AvgIpc) is 2.56. The minimum Gasteiger partial charge on any atom is -0.506 e. The van der Waals surface area contributed by atoms with E-state index in [4.69, 9.17) is 12.2 Å². The molecule has 0 saturated carbocycles. The van der Waals surface area contributed by atoms with Gasteiger partial charge in [0, 0.05) is 5.56 Å². The first-order valence-corrected chi connectivity index (χ1v) is 8.33. The number of nitrogens with one attached hydrogen (secondary N) is 2. The molecule has 2 aromatic carbocycles. The summed E-state index contributed by atoms with van der Waals surface area (Å²) in [5.41, 5.74) is 3.20. The molecule has 0 unspecified atom stereocenters. The lowest BCUT2D eigenvalue weighted by atomic mass is 9.98. The standard InChI is InChI=1S/C19H22N2O2S/c1-4-13(3)15-9-10-17(22)16(11-15)20-19(24)21-18(23)14-7-5-12(2)6-8-14/h5-11,13,22H,4H2,1-3H3,(H2,20,21,23,24)/t13-/m1/s1. The zero-order chi connectivity index (χ0) is 17.7. The first-order valence-electron chi connectivity index (χ1n) is 7.92. The number of anilines is 1. The highest BCUT2D eigenvalue weighted by atomic mass is 32.1. The molecule has 5 heteroatoms. The van der Waals surface area contributed by atoms with E-state index in [0.717, 1.165) is 17.5 Å². The third kappa shape index (κ3) is 4.55. The molecule has 1 atom stereocenters. The molecule has 0 fully saturated rings. The second kappa shape index (κ2) is 7.93. The van der Waals surface area contributed by atoms with Gasteiger partial charge < -0.3 is 10.4 Å². The third-order valence-electron chi connectivity index (χ3n) is 3.99. The van der Waals surface area contributed by atoms with Gasteiger partial charge in [0.1, 0.15) is 5.75 Å². The molecule has 3 N–H and O–H groups in total. The van der Waals surface area contributed by atoms with Gasteiger partial charge in [-0.25, -0.2) is 0 Å². The SMILES string of the molecule is CC[C@@H](C)c1ccc(O)c(NC(=S)NC(=O)c2ccc(C)cc2)c1. The molecule has 2 rings (SSSR count). The molecule has 126 valence electrons. The zero-order valence-corrected chi connectivity index (χ0v) is 14.9. The predicted molar refractivity (Wildman–Crippen MR) is 102 cm³/mol. The van der Waals surface area contributed by atoms with Crippen LogP contribution in [0.15, 0.2) is 42.5 Å². The summed E-state index contributed by atoms with van der Waals surface area (Å²) in [5, 5.41) is 15.7. The highest BCUT2D eigenvalue weighted by Crippen LogP contribution is 2.29. The Morgan fingerprint density at radius 2 is 1.88 bits per heavy atom. The lowest BCUT2D eigenvalue weighted by Crippen LogP contribution is -2.34. The van der Waals surface area contributed by atoms with Crippen molar-refractivity contribution in [2.75, 3.05) is 5.32 Å². The Hall–Kier alpha value is -2.40. The van der Waals surface area contributed by atoms with Crippen LogP contribution in [0.5, 0.6) is 5.75 Å². The Morgan fingerprint density at radius 1 is 1.21 bits per heavy atom. The summed E-state index contributed by atoms with van der Waals surface area (Å²) < 4.78 is 0. The van der Waals surface area contributed by atoms with Crippen molar-refractivity contribution < 1.29 is 9.90 Å². The van der Waals surface area contributed by atoms with Gasteiger partial charge in [0.05, 0.1) is 5.69 Å². The lowest BCUT2D eigenvalue weighted by molar-refractivity contribution is 0.0977. The maximum Gasteiger partial charge on any atom is 0.257 e. The van der Waals surface area contributed by atoms with Gasteiger partial charge in [-0.05, 0) is 61.3 Å². The topological polar surface area (TPSA) is 61.4 Å². The fourth-order valence-electron chi connectivity index (χ4n) is 2.23. The highest BCUT2D eigenvalue weighted by molar-refractivity contribution is 7.80. The van der Waals surface area contributed by atoms with Gasteiger partial charge >= 0.3 is 0 Å². The van der Waals surface area contributed by atoms with Crippen molar-refractivity contribution in [2.24, 2.45) is 0 Å². The summed E-state index contributed by atoms with van der Waals surface area (Å²) in [6, 6.07) is 12.6. The number of thiocarbonyl (C=S) groups is 1. The average molecular weight is 342 g/mol. The molecule has 0 aromatic heterocycles. The molecule has 1 amide bonds. The van der Waals surface area contributed by atoms with Crippen LogP contribution in [0.2, 0.25) is 0 Å². The van der Waals surface area contributed by atoms with Gasteiger partial charge in [-0.3, -0.25) is 10.1 Å². The fraction of sp³-hybridized carbons (Fsp3) is 0.263. The maximum atomic E-state index is 12.2. The van der Waals surface area contributed by atoms with Crippen molar-refractivity contribution in [1.29, 1.82) is 0 Å². The van der Waals surface area contributed by atoms with Crippen molar-refractivity contribution >= 4 is 28.9 Å². The number of hydrogen-bond donors (Lipinski definition) is 3. The minimum absolute atomic E-state index is 0.0917. The van der Waals surface area contributed by atoms with Gasteiger partial charge in [0.25, 0.3) is 5.91 Å². The third-order valence-corrected chi connectivity index (χ3v) is 4.20. The Labute approximate surface area is 147 Å². The van der Waals surface area contributed by atoms with Gasteiger partial charge in [0.15, 0.2) is 5.11 Å². The van der Waals surface area contributed by atoms with Crippen molar-refractivity contribution in [2.45, 2.75) is 33.1 Å². The predicted octanol–water partition coefficient (Wildman–Crippen LogP) is 4.34. The first-order chi connectivity index (χ1) is 11.4. The summed E-state index contributed by atoms with van der Waals surface area (Å²) in [4.78, 5) is 12.2. The number of phenols is 1. The van der Waals surface area contributed by atoms with Gasteiger partial charge in [-0.15, -0.1) is 0 Å². The maximum absolute atomic E-state index is 12.2. The van der Waals surface area contributed by atoms with E-state index in [9.17, 15) is 9.90 Å². The molecule has 24 heavy (non-hydrogen) atoms. The lowest BCUT2D eigenvalue weighted by Gasteiger charge is -2.14. The van der Waals surface area contributed by atoms with Crippen LogP contribution in [0.1, 0.15) is 47.7 Å². The smallest absolute Gasteiger partial charge is 0.257 e. The number of amides is 1. The zero-order valence-electron chi connectivity index (χ0n) is 14.1. The van der Waals surface area contributed by atoms with Gasteiger partial charge in [0.2, 0.25) is 0 Å². The Bertz CT molecular complexity index is 742. The van der Waals surface area contributed by atoms with Gasteiger partial charge in [-0.2, -0.15) is 0 Å². The van der Waals surface area contributed by atoms with E-state index in [1.54, 1.807) is 18.2 Å². The van der Waals surface area contributed by atoms with Crippen LogP contribution in [0.3, 0.4) is 0 Å². The molecular formula is C19H22N2O2S. The summed E-state index contributed by atoms with van der Waals surface area (Å²) in [5.74, 6) is 0.181. The van der Waals surface area contributed by atoms with E-state index < -0.39 is 0 Å². The van der Waals surface area contributed by atoms with Crippen LogP contribution in [0, 0.1) is 6.92 Å². The molecule has 0 bridgehead atoms. The monoisotopic (exact) mass is 342 g/mol. The van der Waals surface area contributed by atoms with Crippen molar-refractivity contribution in [3.05, 3.63) is 59.2 Å². The number of benzene rings is 2. The fourth-order valence-corrected chi connectivity index (χ4v) is 2.43. The summed E-state index contributed by atoms with van der Waals surface area (Å²) in [7, 11) is 0. The molecule has 0 spiro atoms. The molecule has 4 nitrogen and oxygen atoms in total. The number of rotatable bonds is 4. The second-order valence-corrected chi connectivity index (χ2v) is 6.27. The van der Waals surface area contributed by atoms with Crippen LogP contribution in [-0.2, 0) is 0 Å². The molecule has 0 radical (unpaired) electrons. The molecule has 0 aliphatic heterocycles. The van der Waals surface area contributed by atoms with Crippen LogP contribution < -0.4 is 10.6 Å². The molecule has 0 saturated heterocycles. The number of carbonyl (C=O) groups excluding carboxylic acids is 1. The number of hydrogen-bond acceptors (Lipinski definition) is 3. The van der Waals surface area contributed by atoms with E-state index in [0.29, 0.717) is 17.2 Å². The summed E-state index contributed by atoms with van der Waals surface area (Å²) >= 11 is 5.18. The van der Waals surface area contributed by atoms with E-state index in [2.05, 4.69) is 24.5 Å². The van der Waals surface area contributed by atoms with Crippen LogP contribution in [-0.4, -0.2) is 16.1 Å². The van der Waals surface area contributed by atoms with Crippen molar-refractivity contribution in [1.82, 2.24) is 5.32 Å².